The Kier molecular flexibility index (Phi) is 3.47. The van der Waals surface area contributed by atoms with Gasteiger partial charge < -0.3 is 0 Å². The average molecular weight is 289 g/mol. The molecule has 21 heavy (non-hydrogen) atoms. The number of nitrogens with zero attached hydrogens (tertiary/aromatic N) is 1. The molecular weight excluding hydrogens is 272 g/mol. The minimum atomic E-state index is -2.60. The molecule has 0 N–H and O–H groups in total. The zero-order chi connectivity index (χ0) is 15.0. The van der Waals surface area contributed by atoms with Crippen LogP contribution in [0.5, 0.6) is 0 Å². The Morgan fingerprint density at radius 1 is 1.19 bits per heavy atom. The second kappa shape index (κ2) is 5.17. The molecule has 110 valence electrons. The molecule has 1 heterocycles. The van der Waals surface area contributed by atoms with Gasteiger partial charge in [0.2, 0.25) is 5.92 Å². The summed E-state index contributed by atoms with van der Waals surface area (Å²) in [4.78, 5) is 16.9. The number of ketones is 1. The molecule has 0 aliphatic heterocycles. The maximum absolute atomic E-state index is 13.2. The number of benzene rings is 1. The van der Waals surface area contributed by atoms with Crippen LogP contribution >= 0.6 is 0 Å². The van der Waals surface area contributed by atoms with E-state index < -0.39 is 5.92 Å². The Hall–Kier alpha value is -1.84. The molecule has 0 unspecified atom stereocenters. The van der Waals surface area contributed by atoms with Crippen molar-refractivity contribution in [1.29, 1.82) is 0 Å². The number of halogens is 2. The van der Waals surface area contributed by atoms with Crippen molar-refractivity contribution in [3.05, 3.63) is 41.6 Å². The Labute approximate surface area is 122 Å². The SMILES string of the molecule is Cc1ccc2cc(C(=O)C3CCC(F)(F)CC3)ccc2n1. The van der Waals surface area contributed by atoms with Gasteiger partial charge in [-0.15, -0.1) is 0 Å². The number of carbonyl (C=O) groups is 1. The number of aromatic nitrogens is 1. The fourth-order valence-corrected chi connectivity index (χ4v) is 2.92. The van der Waals surface area contributed by atoms with Crippen molar-refractivity contribution in [2.24, 2.45) is 5.92 Å². The molecule has 4 heteroatoms. The van der Waals surface area contributed by atoms with E-state index in [0.717, 1.165) is 16.6 Å². The number of carbonyl (C=O) groups excluding carboxylic acids is 1. The second-order valence-electron chi connectivity index (χ2n) is 5.85. The lowest BCUT2D eigenvalue weighted by Crippen LogP contribution is -2.28. The predicted molar refractivity (Wildman–Crippen MR) is 77.7 cm³/mol. The van der Waals surface area contributed by atoms with Crippen LogP contribution in [0.1, 0.15) is 41.7 Å². The molecule has 1 fully saturated rings. The van der Waals surface area contributed by atoms with Crippen LogP contribution in [0.3, 0.4) is 0 Å². The molecular formula is C17H17F2NO. The first kappa shape index (κ1) is 14.1. The Bertz CT molecular complexity index is 686. The normalized spacial score (nSPS) is 18.8. The molecule has 2 aromatic rings. The third-order valence-electron chi connectivity index (χ3n) is 4.20. The predicted octanol–water partition coefficient (Wildman–Crippen LogP) is 4.55. The fraction of sp³-hybridized carbons (Fsp3) is 0.412. The summed E-state index contributed by atoms with van der Waals surface area (Å²) >= 11 is 0. The van der Waals surface area contributed by atoms with Crippen molar-refractivity contribution in [3.8, 4) is 0 Å². The summed E-state index contributed by atoms with van der Waals surface area (Å²) in [7, 11) is 0. The van der Waals surface area contributed by atoms with E-state index in [1.807, 2.05) is 31.2 Å². The molecule has 1 aliphatic carbocycles. The van der Waals surface area contributed by atoms with E-state index in [2.05, 4.69) is 4.98 Å². The van der Waals surface area contributed by atoms with Crippen molar-refractivity contribution in [2.75, 3.05) is 0 Å². The maximum atomic E-state index is 13.2. The number of hydrogen-bond acceptors (Lipinski definition) is 2. The quantitative estimate of drug-likeness (QED) is 0.759. The van der Waals surface area contributed by atoms with E-state index >= 15 is 0 Å². The van der Waals surface area contributed by atoms with Gasteiger partial charge in [-0.2, -0.15) is 0 Å². The van der Waals surface area contributed by atoms with Gasteiger partial charge in [-0.1, -0.05) is 6.07 Å². The molecule has 1 aliphatic rings. The monoisotopic (exact) mass is 289 g/mol. The zero-order valence-corrected chi connectivity index (χ0v) is 11.9. The zero-order valence-electron chi connectivity index (χ0n) is 11.9. The third-order valence-corrected chi connectivity index (χ3v) is 4.20. The van der Waals surface area contributed by atoms with E-state index in [4.69, 9.17) is 0 Å². The number of alkyl halides is 2. The van der Waals surface area contributed by atoms with Gasteiger partial charge in [0.15, 0.2) is 5.78 Å². The fourth-order valence-electron chi connectivity index (χ4n) is 2.92. The number of Topliss-reactive ketones (excluding diaryl/α,β-unsaturated/α-hetero) is 1. The van der Waals surface area contributed by atoms with Crippen LogP contribution in [0, 0.1) is 12.8 Å². The standard InChI is InChI=1S/C17H17F2NO/c1-11-2-3-13-10-14(4-5-15(13)20-11)16(21)12-6-8-17(18,19)9-7-12/h2-5,10,12H,6-9H2,1H3. The first-order valence-corrected chi connectivity index (χ1v) is 7.24. The molecule has 0 atom stereocenters. The molecule has 1 aromatic heterocycles. The summed E-state index contributed by atoms with van der Waals surface area (Å²) in [5.74, 6) is -2.89. The molecule has 0 spiro atoms. The number of aryl methyl sites for hydroxylation is 1. The topological polar surface area (TPSA) is 30.0 Å². The van der Waals surface area contributed by atoms with E-state index in [0.29, 0.717) is 5.56 Å². The lowest BCUT2D eigenvalue weighted by atomic mass is 9.82. The smallest absolute Gasteiger partial charge is 0.248 e. The molecule has 0 saturated heterocycles. The second-order valence-corrected chi connectivity index (χ2v) is 5.85. The Morgan fingerprint density at radius 2 is 1.90 bits per heavy atom. The first-order valence-electron chi connectivity index (χ1n) is 7.24. The minimum Gasteiger partial charge on any atom is -0.294 e. The minimum absolute atomic E-state index is 0.0204. The number of pyridine rings is 1. The van der Waals surface area contributed by atoms with Gasteiger partial charge in [0.1, 0.15) is 0 Å². The van der Waals surface area contributed by atoms with Crippen molar-refractivity contribution >= 4 is 16.7 Å². The summed E-state index contributed by atoms with van der Waals surface area (Å²) in [6, 6.07) is 9.23. The van der Waals surface area contributed by atoms with Crippen LogP contribution in [0.15, 0.2) is 30.3 Å². The maximum Gasteiger partial charge on any atom is 0.248 e. The lowest BCUT2D eigenvalue weighted by molar-refractivity contribution is -0.0424. The highest BCUT2D eigenvalue weighted by molar-refractivity contribution is 6.00. The highest BCUT2D eigenvalue weighted by Gasteiger charge is 2.37. The van der Waals surface area contributed by atoms with Crippen LogP contribution in [-0.2, 0) is 0 Å². The molecule has 2 nitrogen and oxygen atoms in total. The lowest BCUT2D eigenvalue weighted by Gasteiger charge is -2.27. The highest BCUT2D eigenvalue weighted by atomic mass is 19.3. The average Bonchev–Trinajstić information content (AvgIpc) is 2.46. The van der Waals surface area contributed by atoms with Crippen molar-refractivity contribution in [1.82, 2.24) is 4.98 Å². The van der Waals surface area contributed by atoms with Gasteiger partial charge in [-0.25, -0.2) is 8.78 Å². The third kappa shape index (κ3) is 2.94. The molecule has 0 amide bonds. The van der Waals surface area contributed by atoms with E-state index in [1.54, 1.807) is 6.07 Å². The van der Waals surface area contributed by atoms with Crippen LogP contribution in [0.25, 0.3) is 10.9 Å². The van der Waals surface area contributed by atoms with Gasteiger partial charge >= 0.3 is 0 Å². The van der Waals surface area contributed by atoms with Gasteiger partial charge in [-0.05, 0) is 44.0 Å². The highest BCUT2D eigenvalue weighted by Crippen LogP contribution is 2.37. The van der Waals surface area contributed by atoms with Gasteiger partial charge in [0.25, 0.3) is 0 Å². The first-order chi connectivity index (χ1) is 9.94. The summed E-state index contributed by atoms with van der Waals surface area (Å²) in [5.41, 5.74) is 2.38. The van der Waals surface area contributed by atoms with Crippen molar-refractivity contribution in [2.45, 2.75) is 38.5 Å². The summed E-state index contributed by atoms with van der Waals surface area (Å²) in [5, 5.41) is 0.910. The molecule has 0 bridgehead atoms. The number of fused-ring (bicyclic) bond motifs is 1. The molecule has 0 radical (unpaired) electrons. The summed E-state index contributed by atoms with van der Waals surface area (Å²) in [6.45, 7) is 1.92. The van der Waals surface area contributed by atoms with E-state index in [1.165, 1.54) is 0 Å². The van der Waals surface area contributed by atoms with Gasteiger partial charge in [-0.3, -0.25) is 9.78 Å². The van der Waals surface area contributed by atoms with Crippen LogP contribution in [-0.4, -0.2) is 16.7 Å². The summed E-state index contributed by atoms with van der Waals surface area (Å²) < 4.78 is 26.3. The molecule has 1 saturated carbocycles. The van der Waals surface area contributed by atoms with Crippen molar-refractivity contribution < 1.29 is 13.6 Å². The van der Waals surface area contributed by atoms with E-state index in [-0.39, 0.29) is 37.4 Å². The Morgan fingerprint density at radius 3 is 2.62 bits per heavy atom. The van der Waals surface area contributed by atoms with Crippen LogP contribution < -0.4 is 0 Å². The molecule has 1 aromatic carbocycles. The van der Waals surface area contributed by atoms with Gasteiger partial charge in [0.05, 0.1) is 5.52 Å². The molecule has 3 rings (SSSR count). The number of rotatable bonds is 2. The van der Waals surface area contributed by atoms with Crippen LogP contribution in [0.2, 0.25) is 0 Å². The largest absolute Gasteiger partial charge is 0.294 e. The van der Waals surface area contributed by atoms with E-state index in [9.17, 15) is 13.6 Å². The number of hydrogen-bond donors (Lipinski definition) is 0. The van der Waals surface area contributed by atoms with Gasteiger partial charge in [0, 0.05) is 35.4 Å². The summed E-state index contributed by atoms with van der Waals surface area (Å²) in [6.07, 6.45) is 0.182. The Balaban J connectivity index is 1.83. The van der Waals surface area contributed by atoms with Crippen molar-refractivity contribution in [3.63, 3.8) is 0 Å². The van der Waals surface area contributed by atoms with Crippen LogP contribution in [0.4, 0.5) is 8.78 Å².